The third kappa shape index (κ3) is 2.24. The van der Waals surface area contributed by atoms with Crippen LogP contribution in [0.2, 0.25) is 0 Å². The number of thiol groups is 1. The normalized spacial score (nSPS) is 13.9. The summed E-state index contributed by atoms with van der Waals surface area (Å²) in [5, 5.41) is -0.557. The lowest BCUT2D eigenvalue weighted by molar-refractivity contribution is -0.151. The van der Waals surface area contributed by atoms with E-state index < -0.39 is 16.5 Å². The lowest BCUT2D eigenvalue weighted by atomic mass is 9.85. The number of hydrogen-bond acceptors (Lipinski definition) is 4. The molecule has 4 nitrogen and oxygen atoms in total. The Hall–Kier alpha value is -1.36. The van der Waals surface area contributed by atoms with Crippen LogP contribution < -0.4 is 0 Å². The lowest BCUT2D eigenvalue weighted by Crippen LogP contribution is -2.40. The van der Waals surface area contributed by atoms with E-state index in [1.807, 2.05) is 0 Å². The van der Waals surface area contributed by atoms with Gasteiger partial charge in [0.25, 0.3) is 0 Å². The van der Waals surface area contributed by atoms with E-state index in [-0.39, 0.29) is 6.61 Å². The first-order valence-corrected chi connectivity index (χ1v) is 5.29. The first kappa shape index (κ1) is 12.7. The summed E-state index contributed by atoms with van der Waals surface area (Å²) in [6.45, 7) is 3.39. The number of esters is 1. The molecule has 1 heterocycles. The predicted molar refractivity (Wildman–Crippen MR) is 62.2 cm³/mol. The number of rotatable bonds is 4. The molecule has 16 heavy (non-hydrogen) atoms. The molecule has 0 spiro atoms. The molecule has 1 unspecified atom stereocenters. The van der Waals surface area contributed by atoms with Gasteiger partial charge in [0.15, 0.2) is 5.41 Å². The minimum absolute atomic E-state index is 0.218. The van der Waals surface area contributed by atoms with Crippen molar-refractivity contribution in [2.45, 2.75) is 19.3 Å². The number of ether oxygens (including phenoxy) is 1. The smallest absolute Gasteiger partial charge is 0.324 e. The summed E-state index contributed by atoms with van der Waals surface area (Å²) in [4.78, 5) is 27.2. The first-order chi connectivity index (χ1) is 7.53. The van der Waals surface area contributed by atoms with E-state index in [0.717, 1.165) is 0 Å². The van der Waals surface area contributed by atoms with Crippen molar-refractivity contribution in [3.8, 4) is 0 Å². The zero-order valence-electron chi connectivity index (χ0n) is 9.14. The van der Waals surface area contributed by atoms with Crippen LogP contribution >= 0.6 is 12.6 Å². The van der Waals surface area contributed by atoms with Crippen LogP contribution in [0.3, 0.4) is 0 Å². The molecular formula is C11H13NO3S. The summed E-state index contributed by atoms with van der Waals surface area (Å²) in [5.41, 5.74) is -0.915. The van der Waals surface area contributed by atoms with Crippen LogP contribution in [-0.4, -0.2) is 22.7 Å². The molecule has 0 amide bonds. The second-order valence-electron chi connectivity index (χ2n) is 3.39. The van der Waals surface area contributed by atoms with Gasteiger partial charge in [-0.25, -0.2) is 0 Å². The Morgan fingerprint density at radius 3 is 2.69 bits per heavy atom. The van der Waals surface area contributed by atoms with Gasteiger partial charge in [0.2, 0.25) is 5.12 Å². The highest BCUT2D eigenvalue weighted by molar-refractivity contribution is 7.96. The van der Waals surface area contributed by atoms with E-state index in [0.29, 0.717) is 5.56 Å². The molecule has 1 rings (SSSR count). The van der Waals surface area contributed by atoms with Gasteiger partial charge in [0.05, 0.1) is 6.61 Å². The van der Waals surface area contributed by atoms with Crippen molar-refractivity contribution in [3.05, 3.63) is 30.1 Å². The van der Waals surface area contributed by atoms with Crippen molar-refractivity contribution >= 4 is 23.7 Å². The van der Waals surface area contributed by atoms with E-state index >= 15 is 0 Å². The second kappa shape index (κ2) is 5.12. The van der Waals surface area contributed by atoms with Gasteiger partial charge in [-0.3, -0.25) is 14.6 Å². The molecule has 1 aromatic heterocycles. The Morgan fingerprint density at radius 1 is 1.56 bits per heavy atom. The Balaban J connectivity index is 3.17. The summed E-state index contributed by atoms with van der Waals surface area (Å²) in [6, 6.07) is 3.31. The number of pyridine rings is 1. The molecular weight excluding hydrogens is 226 g/mol. The van der Waals surface area contributed by atoms with Gasteiger partial charge >= 0.3 is 5.97 Å². The average molecular weight is 239 g/mol. The zero-order chi connectivity index (χ0) is 12.2. The van der Waals surface area contributed by atoms with Gasteiger partial charge in [-0.2, -0.15) is 0 Å². The molecule has 0 aliphatic heterocycles. The molecule has 0 saturated carbocycles. The summed E-state index contributed by atoms with van der Waals surface area (Å²) >= 11 is 3.75. The van der Waals surface area contributed by atoms with Crippen molar-refractivity contribution in [3.63, 3.8) is 0 Å². The number of hydrogen-bond donors (Lipinski definition) is 1. The van der Waals surface area contributed by atoms with Crippen LogP contribution in [0.5, 0.6) is 0 Å². The van der Waals surface area contributed by atoms with Crippen LogP contribution in [-0.2, 0) is 19.7 Å². The third-order valence-electron chi connectivity index (χ3n) is 2.35. The van der Waals surface area contributed by atoms with Gasteiger partial charge in [0, 0.05) is 12.4 Å². The largest absolute Gasteiger partial charge is 0.465 e. The maximum Gasteiger partial charge on any atom is 0.324 e. The number of carbonyl (C=O) groups excluding carboxylic acids is 2. The molecule has 0 aromatic carbocycles. The Labute approximate surface area is 99.4 Å². The topological polar surface area (TPSA) is 56.3 Å². The highest BCUT2D eigenvalue weighted by Crippen LogP contribution is 2.27. The molecule has 5 heteroatoms. The van der Waals surface area contributed by atoms with Crippen LogP contribution in [0.15, 0.2) is 24.5 Å². The van der Waals surface area contributed by atoms with Gasteiger partial charge in [-0.05, 0) is 25.5 Å². The van der Waals surface area contributed by atoms with E-state index in [1.165, 1.54) is 13.1 Å². The van der Waals surface area contributed by atoms with Crippen LogP contribution in [0, 0.1) is 0 Å². The Bertz CT molecular complexity index is 393. The van der Waals surface area contributed by atoms with Gasteiger partial charge < -0.3 is 4.74 Å². The molecule has 1 aromatic rings. The van der Waals surface area contributed by atoms with Crippen LogP contribution in [0.4, 0.5) is 0 Å². The standard InChI is InChI=1S/C11H13NO3S/c1-3-15-9(13)11(2,10(14)16)8-5-4-6-12-7-8/h4-7H,3H2,1-2H3,(H,14,16). The molecule has 0 fully saturated rings. The zero-order valence-corrected chi connectivity index (χ0v) is 10.0. The van der Waals surface area contributed by atoms with Crippen molar-refractivity contribution in [2.75, 3.05) is 6.61 Å². The molecule has 1 atom stereocenters. The maximum absolute atomic E-state index is 11.8. The fourth-order valence-corrected chi connectivity index (χ4v) is 1.48. The van der Waals surface area contributed by atoms with Crippen LogP contribution in [0.1, 0.15) is 19.4 Å². The SMILES string of the molecule is CCOC(=O)C(C)(C(=O)S)c1cccnc1. The first-order valence-electron chi connectivity index (χ1n) is 4.84. The van der Waals surface area contributed by atoms with E-state index in [4.69, 9.17) is 4.74 Å². The molecule has 86 valence electrons. The molecule has 0 aliphatic carbocycles. The Morgan fingerprint density at radius 2 is 2.25 bits per heavy atom. The molecule has 0 bridgehead atoms. The fourth-order valence-electron chi connectivity index (χ4n) is 1.26. The summed E-state index contributed by atoms with van der Waals surface area (Å²) in [6.07, 6.45) is 3.03. The third-order valence-corrected chi connectivity index (χ3v) is 2.80. The maximum atomic E-state index is 11.8. The summed E-state index contributed by atoms with van der Waals surface area (Å²) in [5.74, 6) is -0.608. The quantitative estimate of drug-likeness (QED) is 0.489. The average Bonchev–Trinajstić information content (AvgIpc) is 2.29. The number of carbonyl (C=O) groups is 2. The van der Waals surface area contributed by atoms with Crippen LogP contribution in [0.25, 0.3) is 0 Å². The van der Waals surface area contributed by atoms with Gasteiger partial charge in [-0.1, -0.05) is 6.07 Å². The summed E-state index contributed by atoms with van der Waals surface area (Å²) < 4.78 is 4.89. The molecule has 0 N–H and O–H groups in total. The van der Waals surface area contributed by atoms with Gasteiger partial charge in [0.1, 0.15) is 0 Å². The predicted octanol–water partition coefficient (Wildman–Crippen LogP) is 1.36. The summed E-state index contributed by atoms with van der Waals surface area (Å²) in [7, 11) is 0. The van der Waals surface area contributed by atoms with Gasteiger partial charge in [-0.15, -0.1) is 12.6 Å². The Kier molecular flexibility index (Phi) is 4.06. The number of nitrogens with zero attached hydrogens (tertiary/aromatic N) is 1. The minimum Gasteiger partial charge on any atom is -0.465 e. The van der Waals surface area contributed by atoms with E-state index in [2.05, 4.69) is 17.6 Å². The van der Waals surface area contributed by atoms with E-state index in [1.54, 1.807) is 25.3 Å². The van der Waals surface area contributed by atoms with E-state index in [9.17, 15) is 9.59 Å². The lowest BCUT2D eigenvalue weighted by Gasteiger charge is -2.23. The van der Waals surface area contributed by atoms with Crippen molar-refractivity contribution in [2.24, 2.45) is 0 Å². The molecule has 0 saturated heterocycles. The second-order valence-corrected chi connectivity index (χ2v) is 3.80. The molecule has 0 aliphatic rings. The van der Waals surface area contributed by atoms with Crippen molar-refractivity contribution in [1.82, 2.24) is 4.98 Å². The molecule has 0 radical (unpaired) electrons. The monoisotopic (exact) mass is 239 g/mol. The minimum atomic E-state index is -1.40. The fraction of sp³-hybridized carbons (Fsp3) is 0.364. The highest BCUT2D eigenvalue weighted by Gasteiger charge is 2.42. The number of aromatic nitrogens is 1. The van der Waals surface area contributed by atoms with Crippen molar-refractivity contribution in [1.29, 1.82) is 0 Å². The van der Waals surface area contributed by atoms with Crippen molar-refractivity contribution < 1.29 is 14.3 Å². The highest BCUT2D eigenvalue weighted by atomic mass is 32.1.